The van der Waals surface area contributed by atoms with Crippen LogP contribution in [0.15, 0.2) is 78.9 Å². The maximum atomic E-state index is 14.2. The minimum atomic E-state index is -1.66. The van der Waals surface area contributed by atoms with E-state index in [9.17, 15) is 48.5 Å². The molecule has 0 radical (unpaired) electrons. The lowest BCUT2D eigenvalue weighted by Gasteiger charge is -2.27. The molecular weight excluding hydrogens is 1110 g/mol. The maximum absolute atomic E-state index is 14.2. The van der Waals surface area contributed by atoms with Gasteiger partial charge in [-0.15, -0.1) is 0 Å². The van der Waals surface area contributed by atoms with Crippen LogP contribution in [0.3, 0.4) is 0 Å². The Morgan fingerprint density at radius 2 is 1.38 bits per heavy atom. The number of nitrogens with two attached hydrogens (primary N) is 1. The third-order valence-electron chi connectivity index (χ3n) is 12.5. The van der Waals surface area contributed by atoms with Crippen molar-refractivity contribution in [2.75, 3.05) is 71.8 Å². The van der Waals surface area contributed by atoms with Crippen LogP contribution in [0.2, 0.25) is 0 Å². The monoisotopic (exact) mass is 1180 g/mol. The molecule has 29 heteroatoms. The number of non-ortho nitro benzene ring substituents is 1. The predicted octanol–water partition coefficient (Wildman–Crippen LogP) is 2.57. The van der Waals surface area contributed by atoms with Gasteiger partial charge in [-0.25, -0.2) is 14.4 Å². The summed E-state index contributed by atoms with van der Waals surface area (Å²) in [6.45, 7) is 9.01. The van der Waals surface area contributed by atoms with Crippen molar-refractivity contribution >= 4 is 59.2 Å². The van der Waals surface area contributed by atoms with E-state index in [0.717, 1.165) is 17.7 Å². The molecule has 0 aliphatic carbocycles. The predicted molar refractivity (Wildman–Crippen MR) is 295 cm³/mol. The van der Waals surface area contributed by atoms with Crippen LogP contribution in [0, 0.1) is 16.0 Å². The molecule has 8 amide bonds. The van der Waals surface area contributed by atoms with Gasteiger partial charge in [-0.05, 0) is 68.0 Å². The number of alkyl carbamates (subject to hydrolysis) is 1. The van der Waals surface area contributed by atoms with E-state index in [1.165, 1.54) is 24.3 Å². The standard InChI is InChI=1S/C55H75N9O20/c1-34(2)43(49(68)61-40(12-9-23-58-52(56)70)47(66)60-37-15-13-36(14-16-37)33-79-54(72)80-39-19-17-38(18-20-39)64(73)74)63-48(67)41(81-53(71)59-32-35-10-7-6-8-11-35)21-22-42(65)62-51-46-44(83-55(3,4)84-46)45(82-51)50(69)57-24-25-76-28-29-78-31-30-77-27-26-75-5/h6-8,10-11,13-20,34,40-41,43-46,51H,9,12,21-33H2,1-5H3,(H,57,69)(H,59,71)(H,60,66)(H,61,68)(H,62,65)(H,63,67)(H3,56,58,70)/t40-,41-,43-,44+,45-,46+,51-/m0/s1. The molecule has 0 spiro atoms. The lowest BCUT2D eigenvalue weighted by molar-refractivity contribution is -0.384. The van der Waals surface area contributed by atoms with E-state index in [2.05, 4.69) is 37.2 Å². The van der Waals surface area contributed by atoms with Gasteiger partial charge in [0.25, 0.3) is 17.5 Å². The molecular formula is C55H75N9O20. The molecule has 29 nitrogen and oxygen atoms in total. The Kier molecular flexibility index (Phi) is 27.4. The molecule has 2 aliphatic heterocycles. The number of benzene rings is 3. The summed E-state index contributed by atoms with van der Waals surface area (Å²) in [6.07, 6.45) is -8.67. The van der Waals surface area contributed by atoms with Crippen LogP contribution in [0.4, 0.5) is 25.8 Å². The minimum absolute atomic E-state index is 0.0204. The Labute approximate surface area is 484 Å². The van der Waals surface area contributed by atoms with Crippen LogP contribution in [-0.4, -0.2) is 168 Å². The van der Waals surface area contributed by atoms with Crippen LogP contribution < -0.4 is 47.7 Å². The summed E-state index contributed by atoms with van der Waals surface area (Å²) in [6, 6.07) is 16.4. The molecule has 2 fully saturated rings. The highest BCUT2D eigenvalue weighted by atomic mass is 16.8. The summed E-state index contributed by atoms with van der Waals surface area (Å²) in [7, 11) is 1.59. The second kappa shape index (κ2) is 34.5. The molecule has 5 rings (SSSR count). The molecule has 0 bridgehead atoms. The van der Waals surface area contributed by atoms with Crippen molar-refractivity contribution in [3.63, 3.8) is 0 Å². The number of nitro groups is 1. The Bertz CT molecular complexity index is 2630. The fraction of sp³-hybridized carbons (Fsp3) is 0.527. The zero-order chi connectivity index (χ0) is 61.0. The van der Waals surface area contributed by atoms with Crippen LogP contribution in [0.25, 0.3) is 0 Å². The first-order chi connectivity index (χ1) is 40.2. The third-order valence-corrected chi connectivity index (χ3v) is 12.5. The number of urea groups is 1. The van der Waals surface area contributed by atoms with Gasteiger partial charge in [-0.2, -0.15) is 0 Å². The summed E-state index contributed by atoms with van der Waals surface area (Å²) < 4.78 is 55.2. The van der Waals surface area contributed by atoms with Crippen molar-refractivity contribution in [1.82, 2.24) is 31.9 Å². The molecule has 84 heavy (non-hydrogen) atoms. The fourth-order valence-electron chi connectivity index (χ4n) is 8.28. The molecule has 7 atom stereocenters. The second-order valence-corrected chi connectivity index (χ2v) is 19.8. The Hall–Kier alpha value is -8.06. The minimum Gasteiger partial charge on any atom is -0.436 e. The summed E-state index contributed by atoms with van der Waals surface area (Å²) in [5, 5.41) is 29.4. The summed E-state index contributed by atoms with van der Waals surface area (Å²) >= 11 is 0. The first kappa shape index (κ1) is 66.7. The number of anilines is 1. The normalized spacial score (nSPS) is 17.7. The van der Waals surface area contributed by atoms with Crippen molar-refractivity contribution < 1.29 is 90.6 Å². The highest BCUT2D eigenvalue weighted by molar-refractivity contribution is 5.99. The third kappa shape index (κ3) is 23.3. The van der Waals surface area contributed by atoms with Gasteiger partial charge in [0.05, 0.1) is 51.2 Å². The van der Waals surface area contributed by atoms with E-state index in [1.807, 2.05) is 0 Å². The van der Waals surface area contributed by atoms with Crippen molar-refractivity contribution in [3.8, 4) is 5.75 Å². The number of hydrogen-bond acceptors (Lipinski definition) is 20. The Balaban J connectivity index is 1.19. The fourth-order valence-corrected chi connectivity index (χ4v) is 8.28. The average Bonchev–Trinajstić information content (AvgIpc) is 3.52. The molecule has 2 saturated heterocycles. The molecule has 2 aliphatic rings. The van der Waals surface area contributed by atoms with Gasteiger partial charge >= 0.3 is 18.3 Å². The maximum Gasteiger partial charge on any atom is 0.514 e. The number of carbonyl (C=O) groups excluding carboxylic acids is 8. The van der Waals surface area contributed by atoms with Crippen LogP contribution in [0.1, 0.15) is 64.5 Å². The average molecular weight is 1180 g/mol. The number of amides is 8. The zero-order valence-electron chi connectivity index (χ0n) is 47.4. The molecule has 3 aromatic rings. The van der Waals surface area contributed by atoms with Gasteiger partial charge < -0.3 is 90.3 Å². The first-order valence-corrected chi connectivity index (χ1v) is 27.1. The molecule has 0 aromatic heterocycles. The number of nitro benzene ring substituents is 1. The highest BCUT2D eigenvalue weighted by Gasteiger charge is 2.58. The number of nitrogens with zero attached hydrogens (tertiary/aromatic N) is 1. The zero-order valence-corrected chi connectivity index (χ0v) is 47.4. The van der Waals surface area contributed by atoms with Crippen molar-refractivity contribution in [2.45, 2.75) is 115 Å². The van der Waals surface area contributed by atoms with Gasteiger partial charge in [-0.1, -0.05) is 56.3 Å². The van der Waals surface area contributed by atoms with Gasteiger partial charge in [0.15, 0.2) is 24.2 Å². The number of fused-ring (bicyclic) bond motifs is 1. The summed E-state index contributed by atoms with van der Waals surface area (Å²) in [4.78, 5) is 117. The molecule has 0 unspecified atom stereocenters. The number of ether oxygens (including phenoxy) is 10. The Morgan fingerprint density at radius 3 is 2.02 bits per heavy atom. The quantitative estimate of drug-likeness (QED) is 0.0138. The molecule has 460 valence electrons. The van der Waals surface area contributed by atoms with Crippen LogP contribution in [0.5, 0.6) is 5.75 Å². The summed E-state index contributed by atoms with van der Waals surface area (Å²) in [5.74, 6) is -5.42. The van der Waals surface area contributed by atoms with E-state index in [4.69, 9.17) is 53.1 Å². The van der Waals surface area contributed by atoms with Crippen molar-refractivity contribution in [1.29, 1.82) is 0 Å². The first-order valence-electron chi connectivity index (χ1n) is 27.1. The van der Waals surface area contributed by atoms with Gasteiger partial charge in [0.2, 0.25) is 17.7 Å². The molecule has 3 aromatic carbocycles. The number of hydrogen-bond donors (Lipinski definition) is 8. The van der Waals surface area contributed by atoms with E-state index in [1.54, 1.807) is 77.3 Å². The second-order valence-electron chi connectivity index (χ2n) is 19.8. The van der Waals surface area contributed by atoms with Gasteiger partial charge in [-0.3, -0.25) is 34.1 Å². The SMILES string of the molecule is COCCOCCOCCOCCNC(=O)[C@H]1O[C@H](NC(=O)CC[C@H](OC(=O)NCc2ccccc2)C(=O)N[C@H](C(=O)N[C@@H](CCCNC(N)=O)C(=O)Nc2ccc(COC(=O)Oc3ccc([N+](=O)[O-])cc3)cc2)C(C)C)[C@@H]2OC(C)(C)O[C@@H]21. The largest absolute Gasteiger partial charge is 0.514 e. The molecule has 2 heterocycles. The number of primary amides is 1. The van der Waals surface area contributed by atoms with Gasteiger partial charge in [0, 0.05) is 57.4 Å². The Morgan fingerprint density at radius 1 is 0.726 bits per heavy atom. The highest BCUT2D eigenvalue weighted by Crippen LogP contribution is 2.38. The van der Waals surface area contributed by atoms with Crippen molar-refractivity contribution in [3.05, 3.63) is 100 Å². The van der Waals surface area contributed by atoms with E-state index in [-0.39, 0.29) is 69.4 Å². The van der Waals surface area contributed by atoms with Gasteiger partial charge in [0.1, 0.15) is 36.6 Å². The smallest absolute Gasteiger partial charge is 0.436 e. The number of methoxy groups -OCH3 is 1. The molecule has 9 N–H and O–H groups in total. The molecule has 0 saturated carbocycles. The number of carbonyl (C=O) groups is 8. The summed E-state index contributed by atoms with van der Waals surface area (Å²) in [5.41, 5.74) is 6.53. The van der Waals surface area contributed by atoms with E-state index >= 15 is 0 Å². The van der Waals surface area contributed by atoms with E-state index < -0.39 is 120 Å². The van der Waals surface area contributed by atoms with Crippen LogP contribution >= 0.6 is 0 Å². The lowest BCUT2D eigenvalue weighted by Crippen LogP contribution is -2.56. The lowest BCUT2D eigenvalue weighted by atomic mass is 10.0. The van der Waals surface area contributed by atoms with E-state index in [0.29, 0.717) is 38.6 Å². The number of rotatable bonds is 35. The van der Waals surface area contributed by atoms with Crippen LogP contribution in [-0.2, 0) is 79.8 Å². The topological polar surface area (TPSA) is 382 Å². The van der Waals surface area contributed by atoms with Crippen molar-refractivity contribution in [2.24, 2.45) is 11.7 Å². The number of nitrogens with one attached hydrogen (secondary N) is 7.